The number of hydrogen-bond donors (Lipinski definition) is 1. The van der Waals surface area contributed by atoms with E-state index in [4.69, 9.17) is 0 Å². The number of anilines is 1. The van der Waals surface area contributed by atoms with Crippen molar-refractivity contribution < 1.29 is 9.18 Å². The van der Waals surface area contributed by atoms with Crippen LogP contribution < -0.4 is 10.9 Å². The summed E-state index contributed by atoms with van der Waals surface area (Å²) in [5.41, 5.74) is 1.47. The van der Waals surface area contributed by atoms with Crippen LogP contribution in [0.4, 0.5) is 9.52 Å². The average Bonchev–Trinajstić information content (AvgIpc) is 3.17. The van der Waals surface area contributed by atoms with E-state index >= 15 is 0 Å². The number of aromatic nitrogens is 3. The Hall–Kier alpha value is -3.65. The van der Waals surface area contributed by atoms with Crippen LogP contribution in [0.25, 0.3) is 16.9 Å². The van der Waals surface area contributed by atoms with E-state index in [1.165, 1.54) is 35.6 Å². The van der Waals surface area contributed by atoms with E-state index in [0.717, 1.165) is 4.68 Å². The maximum Gasteiger partial charge on any atom is 0.277 e. The molecule has 28 heavy (non-hydrogen) atoms. The fourth-order valence-electron chi connectivity index (χ4n) is 2.56. The summed E-state index contributed by atoms with van der Waals surface area (Å²) in [5.74, 6) is -0.853. The summed E-state index contributed by atoms with van der Waals surface area (Å²) >= 11 is 1.22. The lowest BCUT2D eigenvalue weighted by Crippen LogP contribution is -2.24. The summed E-state index contributed by atoms with van der Waals surface area (Å²) in [4.78, 5) is 28.9. The van der Waals surface area contributed by atoms with E-state index in [2.05, 4.69) is 15.4 Å². The van der Waals surface area contributed by atoms with Gasteiger partial charge in [0.25, 0.3) is 11.5 Å². The highest BCUT2D eigenvalue weighted by atomic mass is 32.1. The van der Waals surface area contributed by atoms with E-state index in [1.54, 1.807) is 41.8 Å². The Labute approximate surface area is 162 Å². The van der Waals surface area contributed by atoms with Crippen molar-refractivity contribution >= 4 is 22.4 Å². The monoisotopic (exact) mass is 392 g/mol. The molecule has 2 aromatic heterocycles. The third-order valence-corrected chi connectivity index (χ3v) is 4.64. The van der Waals surface area contributed by atoms with Gasteiger partial charge in [0.05, 0.1) is 11.4 Å². The van der Waals surface area contributed by atoms with Crippen LogP contribution >= 0.6 is 11.3 Å². The Kier molecular flexibility index (Phi) is 4.77. The summed E-state index contributed by atoms with van der Waals surface area (Å²) in [5, 5.41) is 8.87. The van der Waals surface area contributed by atoms with E-state index in [1.807, 2.05) is 6.07 Å². The molecule has 0 saturated heterocycles. The van der Waals surface area contributed by atoms with Crippen molar-refractivity contribution in [3.63, 3.8) is 0 Å². The van der Waals surface area contributed by atoms with Gasteiger partial charge in [-0.2, -0.15) is 9.78 Å². The normalized spacial score (nSPS) is 10.6. The van der Waals surface area contributed by atoms with Gasteiger partial charge < -0.3 is 0 Å². The molecule has 0 atom stereocenters. The summed E-state index contributed by atoms with van der Waals surface area (Å²) < 4.78 is 14.5. The molecule has 0 unspecified atom stereocenters. The highest BCUT2D eigenvalue weighted by Crippen LogP contribution is 2.25. The summed E-state index contributed by atoms with van der Waals surface area (Å²) in [7, 11) is 0. The summed E-state index contributed by atoms with van der Waals surface area (Å²) in [6.45, 7) is 0. The maximum absolute atomic E-state index is 13.4. The standard InChI is InChI=1S/C20H13FN4O2S/c21-14-6-4-5-13(11-14)17-12-28-20(22-17)23-19(27)16-9-10-18(26)25(24-16)15-7-2-1-3-8-15/h1-12H,(H,22,23,27). The van der Waals surface area contributed by atoms with Crippen molar-refractivity contribution in [3.8, 4) is 16.9 Å². The molecule has 138 valence electrons. The second-order valence-electron chi connectivity index (χ2n) is 5.81. The number of hydrogen-bond acceptors (Lipinski definition) is 5. The number of thiazole rings is 1. The molecule has 4 rings (SSSR count). The first kappa shape index (κ1) is 17.7. The van der Waals surface area contributed by atoms with Gasteiger partial charge in [-0.05, 0) is 30.3 Å². The number of amides is 1. The van der Waals surface area contributed by atoms with Crippen molar-refractivity contribution in [2.45, 2.75) is 0 Å². The molecule has 0 aliphatic rings. The minimum absolute atomic E-state index is 0.0750. The topological polar surface area (TPSA) is 76.9 Å². The number of carbonyl (C=O) groups excluding carboxylic acids is 1. The zero-order valence-electron chi connectivity index (χ0n) is 14.4. The largest absolute Gasteiger partial charge is 0.296 e. The predicted molar refractivity (Wildman–Crippen MR) is 105 cm³/mol. The minimum atomic E-state index is -0.496. The molecule has 4 aromatic rings. The quantitative estimate of drug-likeness (QED) is 0.574. The van der Waals surface area contributed by atoms with Gasteiger partial charge in [0.2, 0.25) is 0 Å². The van der Waals surface area contributed by atoms with Gasteiger partial charge in [0, 0.05) is 17.0 Å². The number of para-hydroxylation sites is 1. The molecule has 0 spiro atoms. The van der Waals surface area contributed by atoms with Gasteiger partial charge in [-0.25, -0.2) is 9.37 Å². The SMILES string of the molecule is O=C(Nc1nc(-c2cccc(F)c2)cs1)c1ccc(=O)n(-c2ccccc2)n1. The van der Waals surface area contributed by atoms with Crippen molar-refractivity contribution in [1.82, 2.24) is 14.8 Å². The molecule has 0 saturated carbocycles. The van der Waals surface area contributed by atoms with E-state index < -0.39 is 5.91 Å². The van der Waals surface area contributed by atoms with E-state index in [0.29, 0.717) is 22.1 Å². The zero-order chi connectivity index (χ0) is 19.5. The van der Waals surface area contributed by atoms with E-state index in [9.17, 15) is 14.0 Å². The van der Waals surface area contributed by atoms with Crippen LogP contribution in [-0.4, -0.2) is 20.7 Å². The smallest absolute Gasteiger partial charge is 0.277 e. The third kappa shape index (κ3) is 3.72. The lowest BCUT2D eigenvalue weighted by atomic mass is 10.2. The summed E-state index contributed by atoms with van der Waals surface area (Å²) in [6.07, 6.45) is 0. The third-order valence-electron chi connectivity index (χ3n) is 3.88. The number of nitrogens with zero attached hydrogens (tertiary/aromatic N) is 3. The fourth-order valence-corrected chi connectivity index (χ4v) is 3.27. The minimum Gasteiger partial charge on any atom is -0.296 e. The van der Waals surface area contributed by atoms with Crippen molar-refractivity contribution in [3.05, 3.63) is 94.0 Å². The van der Waals surface area contributed by atoms with Crippen LogP contribution in [0.15, 0.2) is 76.9 Å². The molecule has 6 nitrogen and oxygen atoms in total. The second kappa shape index (κ2) is 7.53. The lowest BCUT2D eigenvalue weighted by molar-refractivity contribution is 0.102. The molecule has 2 heterocycles. The average molecular weight is 392 g/mol. The highest BCUT2D eigenvalue weighted by Gasteiger charge is 2.13. The second-order valence-corrected chi connectivity index (χ2v) is 6.66. The molecule has 1 N–H and O–H groups in total. The Bertz CT molecular complexity index is 1200. The van der Waals surface area contributed by atoms with Crippen molar-refractivity contribution in [2.24, 2.45) is 0 Å². The molecular weight excluding hydrogens is 379 g/mol. The van der Waals surface area contributed by atoms with Crippen LogP contribution in [0, 0.1) is 5.82 Å². The molecule has 2 aromatic carbocycles. The van der Waals surface area contributed by atoms with Crippen LogP contribution in [0.3, 0.4) is 0 Å². The van der Waals surface area contributed by atoms with Crippen LogP contribution in [-0.2, 0) is 0 Å². The summed E-state index contributed by atoms with van der Waals surface area (Å²) in [6, 6.07) is 17.5. The number of rotatable bonds is 4. The zero-order valence-corrected chi connectivity index (χ0v) is 15.2. The Morgan fingerprint density at radius 2 is 1.86 bits per heavy atom. The van der Waals surface area contributed by atoms with Crippen LogP contribution in [0.5, 0.6) is 0 Å². The molecule has 0 bridgehead atoms. The Morgan fingerprint density at radius 1 is 1.04 bits per heavy atom. The first-order valence-electron chi connectivity index (χ1n) is 8.29. The van der Waals surface area contributed by atoms with Gasteiger partial charge in [-0.1, -0.05) is 30.3 Å². The molecule has 0 fully saturated rings. The molecule has 8 heteroatoms. The van der Waals surface area contributed by atoms with Crippen molar-refractivity contribution in [2.75, 3.05) is 5.32 Å². The van der Waals surface area contributed by atoms with Gasteiger partial charge in [-0.15, -0.1) is 11.3 Å². The first-order valence-corrected chi connectivity index (χ1v) is 9.17. The number of benzene rings is 2. The van der Waals surface area contributed by atoms with Gasteiger partial charge in [-0.3, -0.25) is 14.9 Å². The van der Waals surface area contributed by atoms with Crippen LogP contribution in [0.1, 0.15) is 10.5 Å². The predicted octanol–water partition coefficient (Wildman–Crippen LogP) is 3.75. The molecular formula is C20H13FN4O2S. The molecule has 0 radical (unpaired) electrons. The lowest BCUT2D eigenvalue weighted by Gasteiger charge is -2.06. The Balaban J connectivity index is 1.57. The fraction of sp³-hybridized carbons (Fsp3) is 0. The van der Waals surface area contributed by atoms with Gasteiger partial charge in [0.1, 0.15) is 11.5 Å². The maximum atomic E-state index is 13.4. The van der Waals surface area contributed by atoms with Gasteiger partial charge >= 0.3 is 0 Å². The number of nitrogens with one attached hydrogen (secondary N) is 1. The Morgan fingerprint density at radius 3 is 2.64 bits per heavy atom. The first-order chi connectivity index (χ1) is 13.6. The molecule has 0 aliphatic heterocycles. The number of carbonyl (C=O) groups is 1. The highest BCUT2D eigenvalue weighted by molar-refractivity contribution is 7.14. The molecule has 1 amide bonds. The van der Waals surface area contributed by atoms with Crippen LogP contribution in [0.2, 0.25) is 0 Å². The van der Waals surface area contributed by atoms with Gasteiger partial charge in [0.15, 0.2) is 5.13 Å². The van der Waals surface area contributed by atoms with Crippen molar-refractivity contribution in [1.29, 1.82) is 0 Å². The molecule has 0 aliphatic carbocycles. The van der Waals surface area contributed by atoms with E-state index in [-0.39, 0.29) is 17.1 Å². The number of halogens is 1.